The molecule has 3 rings (SSSR count). The molecule has 7 heteroatoms. The van der Waals surface area contributed by atoms with Crippen LogP contribution in [0.3, 0.4) is 0 Å². The van der Waals surface area contributed by atoms with Crippen molar-refractivity contribution < 1.29 is 8.42 Å². The van der Waals surface area contributed by atoms with Gasteiger partial charge < -0.3 is 0 Å². The number of aromatic nitrogens is 1. The van der Waals surface area contributed by atoms with E-state index in [1.807, 2.05) is 18.4 Å². The van der Waals surface area contributed by atoms with Crippen LogP contribution in [-0.2, 0) is 10.0 Å². The Balaban J connectivity index is 1.96. The summed E-state index contributed by atoms with van der Waals surface area (Å²) in [6.45, 7) is 2.51. The van der Waals surface area contributed by atoms with Crippen molar-refractivity contribution in [1.29, 1.82) is 0 Å². The van der Waals surface area contributed by atoms with Gasteiger partial charge in [0.1, 0.15) is 9.22 Å². The normalized spacial score (nSPS) is 21.0. The molecule has 3 heterocycles. The Hall–Kier alpha value is -0.760. The summed E-state index contributed by atoms with van der Waals surface area (Å²) >= 11 is 2.86. The zero-order chi connectivity index (χ0) is 13.5. The molecule has 0 bridgehead atoms. The second-order valence-electron chi connectivity index (χ2n) is 4.51. The molecule has 0 amide bonds. The number of thiophene rings is 1. The lowest BCUT2D eigenvalue weighted by Crippen LogP contribution is -2.30. The van der Waals surface area contributed by atoms with Crippen LogP contribution in [0, 0.1) is 6.92 Å². The van der Waals surface area contributed by atoms with Crippen molar-refractivity contribution in [3.8, 4) is 0 Å². The summed E-state index contributed by atoms with van der Waals surface area (Å²) in [4.78, 5) is 5.29. The predicted octanol–water partition coefficient (Wildman–Crippen LogP) is 3.04. The average molecular weight is 314 g/mol. The molecule has 1 saturated heterocycles. The summed E-state index contributed by atoms with van der Waals surface area (Å²) < 4.78 is 27.4. The standard InChI is InChI=1S/C12H14N2O2S3/c1-9-4-5-11(18-9)19(15,16)14-7-2-3-10(14)12-13-6-8-17-12/h4-6,8,10H,2-3,7H2,1H3. The van der Waals surface area contributed by atoms with E-state index in [2.05, 4.69) is 4.98 Å². The highest BCUT2D eigenvalue weighted by Crippen LogP contribution is 2.38. The summed E-state index contributed by atoms with van der Waals surface area (Å²) in [7, 11) is -3.37. The highest BCUT2D eigenvalue weighted by atomic mass is 32.2. The van der Waals surface area contributed by atoms with E-state index in [4.69, 9.17) is 0 Å². The Kier molecular flexibility index (Phi) is 3.46. The minimum Gasteiger partial charge on any atom is -0.248 e. The van der Waals surface area contributed by atoms with Gasteiger partial charge in [-0.2, -0.15) is 4.31 Å². The van der Waals surface area contributed by atoms with E-state index in [1.165, 1.54) is 22.7 Å². The molecule has 1 atom stereocenters. The van der Waals surface area contributed by atoms with Gasteiger partial charge in [0.2, 0.25) is 0 Å². The van der Waals surface area contributed by atoms with Crippen molar-refractivity contribution in [1.82, 2.24) is 9.29 Å². The number of hydrogen-bond acceptors (Lipinski definition) is 5. The van der Waals surface area contributed by atoms with Gasteiger partial charge >= 0.3 is 0 Å². The molecule has 2 aromatic heterocycles. The first-order valence-electron chi connectivity index (χ1n) is 6.07. The monoisotopic (exact) mass is 314 g/mol. The maximum Gasteiger partial charge on any atom is 0.253 e. The first kappa shape index (κ1) is 13.2. The Bertz CT molecular complexity index is 661. The number of thiazole rings is 1. The first-order valence-corrected chi connectivity index (χ1v) is 9.20. The molecule has 4 nitrogen and oxygen atoms in total. The molecule has 0 saturated carbocycles. The van der Waals surface area contributed by atoms with Crippen molar-refractivity contribution in [3.63, 3.8) is 0 Å². The second kappa shape index (κ2) is 4.97. The van der Waals surface area contributed by atoms with E-state index in [1.54, 1.807) is 16.6 Å². The molecule has 102 valence electrons. The molecular formula is C12H14N2O2S3. The molecule has 0 aromatic carbocycles. The number of nitrogens with zero attached hydrogens (tertiary/aromatic N) is 2. The molecule has 2 aromatic rings. The third-order valence-electron chi connectivity index (χ3n) is 3.22. The fraction of sp³-hybridized carbons (Fsp3) is 0.417. The SMILES string of the molecule is Cc1ccc(S(=O)(=O)N2CCCC2c2nccs2)s1. The van der Waals surface area contributed by atoms with Gasteiger partial charge in [-0.3, -0.25) is 0 Å². The first-order chi connectivity index (χ1) is 9.09. The second-order valence-corrected chi connectivity index (χ2v) is 8.84. The topological polar surface area (TPSA) is 50.3 Å². The Morgan fingerprint density at radius 3 is 2.89 bits per heavy atom. The Morgan fingerprint density at radius 1 is 1.42 bits per heavy atom. The van der Waals surface area contributed by atoms with Gasteiger partial charge in [-0.15, -0.1) is 22.7 Å². The van der Waals surface area contributed by atoms with Crippen LogP contribution in [0.25, 0.3) is 0 Å². The summed E-state index contributed by atoms with van der Waals surface area (Å²) in [5.74, 6) is 0. The summed E-state index contributed by atoms with van der Waals surface area (Å²) in [5.41, 5.74) is 0. The van der Waals surface area contributed by atoms with E-state index in [0.717, 1.165) is 22.7 Å². The van der Waals surface area contributed by atoms with Gasteiger partial charge in [-0.25, -0.2) is 13.4 Å². The van der Waals surface area contributed by atoms with Crippen LogP contribution in [-0.4, -0.2) is 24.3 Å². The molecule has 0 spiro atoms. The summed E-state index contributed by atoms with van der Waals surface area (Å²) in [6.07, 6.45) is 3.49. The van der Waals surface area contributed by atoms with Crippen molar-refractivity contribution in [2.75, 3.05) is 6.54 Å². The van der Waals surface area contributed by atoms with Crippen LogP contribution in [0.2, 0.25) is 0 Å². The zero-order valence-electron chi connectivity index (χ0n) is 10.4. The molecular weight excluding hydrogens is 300 g/mol. The van der Waals surface area contributed by atoms with Crippen molar-refractivity contribution in [2.45, 2.75) is 30.0 Å². The summed E-state index contributed by atoms with van der Waals surface area (Å²) in [5, 5.41) is 2.79. The van der Waals surface area contributed by atoms with Crippen molar-refractivity contribution >= 4 is 32.7 Å². The van der Waals surface area contributed by atoms with Gasteiger partial charge in [0, 0.05) is 23.0 Å². The van der Waals surface area contributed by atoms with Gasteiger partial charge in [-0.1, -0.05) is 0 Å². The van der Waals surface area contributed by atoms with E-state index < -0.39 is 10.0 Å². The zero-order valence-corrected chi connectivity index (χ0v) is 12.9. The predicted molar refractivity (Wildman–Crippen MR) is 77.0 cm³/mol. The lowest BCUT2D eigenvalue weighted by atomic mass is 10.2. The van der Waals surface area contributed by atoms with E-state index in [-0.39, 0.29) is 6.04 Å². The Morgan fingerprint density at radius 2 is 2.26 bits per heavy atom. The fourth-order valence-corrected chi connectivity index (χ4v) is 6.26. The Labute approximate surface area is 120 Å². The van der Waals surface area contributed by atoms with Crippen LogP contribution < -0.4 is 0 Å². The average Bonchev–Trinajstić information content (AvgIpc) is 3.09. The largest absolute Gasteiger partial charge is 0.253 e. The molecule has 1 aliphatic rings. The molecule has 1 fully saturated rings. The fourth-order valence-electron chi connectivity index (χ4n) is 2.34. The minimum absolute atomic E-state index is 0.0904. The van der Waals surface area contributed by atoms with Crippen LogP contribution in [0.5, 0.6) is 0 Å². The third-order valence-corrected chi connectivity index (χ3v) is 7.47. The smallest absolute Gasteiger partial charge is 0.248 e. The quantitative estimate of drug-likeness (QED) is 0.875. The lowest BCUT2D eigenvalue weighted by Gasteiger charge is -2.21. The number of rotatable bonds is 3. The summed E-state index contributed by atoms with van der Waals surface area (Å²) in [6, 6.07) is 3.46. The maximum absolute atomic E-state index is 12.7. The van der Waals surface area contributed by atoms with Crippen LogP contribution in [0.4, 0.5) is 0 Å². The van der Waals surface area contributed by atoms with Crippen molar-refractivity contribution in [3.05, 3.63) is 33.6 Å². The lowest BCUT2D eigenvalue weighted by molar-refractivity contribution is 0.397. The molecule has 0 N–H and O–H groups in total. The van der Waals surface area contributed by atoms with Gasteiger partial charge in [0.15, 0.2) is 0 Å². The van der Waals surface area contributed by atoms with Crippen LogP contribution in [0.15, 0.2) is 27.9 Å². The highest BCUT2D eigenvalue weighted by Gasteiger charge is 2.38. The number of hydrogen-bond donors (Lipinski definition) is 0. The van der Waals surface area contributed by atoms with E-state index in [0.29, 0.717) is 10.8 Å². The molecule has 19 heavy (non-hydrogen) atoms. The van der Waals surface area contributed by atoms with Crippen LogP contribution >= 0.6 is 22.7 Å². The molecule has 0 aliphatic carbocycles. The van der Waals surface area contributed by atoms with Gasteiger partial charge in [0.25, 0.3) is 10.0 Å². The van der Waals surface area contributed by atoms with Crippen molar-refractivity contribution in [2.24, 2.45) is 0 Å². The van der Waals surface area contributed by atoms with Crippen LogP contribution in [0.1, 0.15) is 28.8 Å². The van der Waals surface area contributed by atoms with Gasteiger partial charge in [0.05, 0.1) is 6.04 Å². The number of sulfonamides is 1. The van der Waals surface area contributed by atoms with E-state index in [9.17, 15) is 8.42 Å². The van der Waals surface area contributed by atoms with E-state index >= 15 is 0 Å². The molecule has 1 aliphatic heterocycles. The number of aryl methyl sites for hydroxylation is 1. The molecule has 0 radical (unpaired) electrons. The molecule has 1 unspecified atom stereocenters. The minimum atomic E-state index is -3.37. The highest BCUT2D eigenvalue weighted by molar-refractivity contribution is 7.91. The third kappa shape index (κ3) is 2.35. The van der Waals surface area contributed by atoms with Gasteiger partial charge in [-0.05, 0) is 31.9 Å². The maximum atomic E-state index is 12.7.